The van der Waals surface area contributed by atoms with Crippen LogP contribution in [0.5, 0.6) is 0 Å². The smallest absolute Gasteiger partial charge is 0.00173 e. The van der Waals surface area contributed by atoms with E-state index in [1.54, 1.807) is 5.56 Å². The lowest BCUT2D eigenvalue weighted by molar-refractivity contribution is 0.145. The van der Waals surface area contributed by atoms with E-state index in [1.165, 1.54) is 63.4 Å². The predicted octanol–water partition coefficient (Wildman–Crippen LogP) is 4.41. The zero-order chi connectivity index (χ0) is 13.1. The van der Waals surface area contributed by atoms with Gasteiger partial charge in [-0.15, -0.1) is 0 Å². The molecule has 0 spiro atoms. The summed E-state index contributed by atoms with van der Waals surface area (Å²) in [4.78, 5) is 0. The van der Waals surface area contributed by atoms with Crippen molar-refractivity contribution in [2.75, 3.05) is 6.54 Å². The molecule has 0 aromatic heterocycles. The fourth-order valence-electron chi connectivity index (χ4n) is 3.91. The molecule has 3 rings (SSSR count). The van der Waals surface area contributed by atoms with Crippen molar-refractivity contribution in [3.05, 3.63) is 35.4 Å². The number of nitrogens with two attached hydrogens (primary N) is 1. The van der Waals surface area contributed by atoms with Gasteiger partial charge >= 0.3 is 0 Å². The molecule has 1 heteroatoms. The van der Waals surface area contributed by atoms with Gasteiger partial charge in [0.2, 0.25) is 0 Å². The normalized spacial score (nSPS) is 23.0. The van der Waals surface area contributed by atoms with E-state index in [0.29, 0.717) is 5.41 Å². The van der Waals surface area contributed by atoms with E-state index < -0.39 is 0 Å². The molecular weight excluding hydrogens is 230 g/mol. The van der Waals surface area contributed by atoms with E-state index in [9.17, 15) is 0 Å². The lowest BCUT2D eigenvalue weighted by Crippen LogP contribution is -2.39. The van der Waals surface area contributed by atoms with Gasteiger partial charge in [0.15, 0.2) is 0 Å². The fraction of sp³-hybridized carbons (Fsp3) is 0.667. The van der Waals surface area contributed by atoms with E-state index in [4.69, 9.17) is 5.73 Å². The molecule has 0 unspecified atom stereocenters. The molecule has 1 nitrogen and oxygen atoms in total. The van der Waals surface area contributed by atoms with Crippen LogP contribution in [0.25, 0.3) is 0 Å². The summed E-state index contributed by atoms with van der Waals surface area (Å²) in [5.41, 5.74) is 9.46. The Balaban J connectivity index is 1.65. The van der Waals surface area contributed by atoms with Crippen LogP contribution < -0.4 is 5.73 Å². The lowest BCUT2D eigenvalue weighted by Gasteiger charge is -2.41. The first kappa shape index (κ1) is 13.2. The van der Waals surface area contributed by atoms with Crippen molar-refractivity contribution in [1.29, 1.82) is 0 Å². The molecule has 1 aromatic carbocycles. The summed E-state index contributed by atoms with van der Waals surface area (Å²) < 4.78 is 0. The number of hydrogen-bond acceptors (Lipinski definition) is 1. The van der Waals surface area contributed by atoms with Crippen LogP contribution in [0.1, 0.15) is 68.4 Å². The van der Waals surface area contributed by atoms with Gasteiger partial charge in [-0.25, -0.2) is 0 Å². The van der Waals surface area contributed by atoms with Crippen molar-refractivity contribution >= 4 is 0 Å². The van der Waals surface area contributed by atoms with Crippen LogP contribution in [0.15, 0.2) is 24.3 Å². The summed E-state index contributed by atoms with van der Waals surface area (Å²) in [6.45, 7) is 0.859. The Morgan fingerprint density at radius 1 is 0.947 bits per heavy atom. The second-order valence-corrected chi connectivity index (χ2v) is 6.81. The summed E-state index contributed by atoms with van der Waals surface area (Å²) in [7, 11) is 0. The first-order valence-electron chi connectivity index (χ1n) is 8.10. The molecule has 104 valence electrons. The Bertz CT molecular complexity index is 391. The standard InChI is InChI=1S/C18H27N/c19-14-18(11-4-12-18)13-15-7-9-17(10-8-15)16-5-2-1-3-6-16/h7-10,16H,1-6,11-14,19H2. The largest absolute Gasteiger partial charge is 0.330 e. The number of benzene rings is 1. The highest BCUT2D eigenvalue weighted by atomic mass is 14.6. The Hall–Kier alpha value is -0.820. The van der Waals surface area contributed by atoms with Gasteiger partial charge in [-0.1, -0.05) is 49.9 Å². The fourth-order valence-corrected chi connectivity index (χ4v) is 3.91. The molecule has 2 aliphatic carbocycles. The van der Waals surface area contributed by atoms with Crippen molar-refractivity contribution in [2.45, 2.75) is 63.7 Å². The van der Waals surface area contributed by atoms with Crippen LogP contribution in [0.3, 0.4) is 0 Å². The summed E-state index contributed by atoms with van der Waals surface area (Å²) in [6.07, 6.45) is 12.3. The zero-order valence-corrected chi connectivity index (χ0v) is 12.0. The molecule has 0 radical (unpaired) electrons. The monoisotopic (exact) mass is 257 g/mol. The van der Waals surface area contributed by atoms with Crippen LogP contribution in [-0.2, 0) is 6.42 Å². The third kappa shape index (κ3) is 2.86. The van der Waals surface area contributed by atoms with Crippen LogP contribution >= 0.6 is 0 Å². The van der Waals surface area contributed by atoms with Crippen LogP contribution in [0.4, 0.5) is 0 Å². The van der Waals surface area contributed by atoms with E-state index >= 15 is 0 Å². The highest BCUT2D eigenvalue weighted by Crippen LogP contribution is 2.43. The molecule has 2 saturated carbocycles. The third-order valence-corrected chi connectivity index (χ3v) is 5.48. The quantitative estimate of drug-likeness (QED) is 0.849. The van der Waals surface area contributed by atoms with Crippen molar-refractivity contribution < 1.29 is 0 Å². The Labute approximate surface area is 117 Å². The van der Waals surface area contributed by atoms with Gasteiger partial charge in [-0.2, -0.15) is 0 Å². The van der Waals surface area contributed by atoms with Crippen molar-refractivity contribution in [3.8, 4) is 0 Å². The summed E-state index contributed by atoms with van der Waals surface area (Å²) >= 11 is 0. The molecule has 19 heavy (non-hydrogen) atoms. The molecule has 2 fully saturated rings. The van der Waals surface area contributed by atoms with Crippen LogP contribution in [0.2, 0.25) is 0 Å². The predicted molar refractivity (Wildman–Crippen MR) is 81.3 cm³/mol. The van der Waals surface area contributed by atoms with Crippen molar-refractivity contribution in [1.82, 2.24) is 0 Å². The SMILES string of the molecule is NCC1(Cc2ccc(C3CCCCC3)cc2)CCC1. The maximum atomic E-state index is 5.96. The van der Waals surface area contributed by atoms with Gasteiger partial charge in [0.25, 0.3) is 0 Å². The number of hydrogen-bond donors (Lipinski definition) is 1. The average molecular weight is 257 g/mol. The van der Waals surface area contributed by atoms with Crippen LogP contribution in [0, 0.1) is 5.41 Å². The second kappa shape index (κ2) is 5.66. The second-order valence-electron chi connectivity index (χ2n) is 6.81. The minimum absolute atomic E-state index is 0.437. The highest BCUT2D eigenvalue weighted by molar-refractivity contribution is 5.27. The van der Waals surface area contributed by atoms with Gasteiger partial charge < -0.3 is 5.73 Å². The van der Waals surface area contributed by atoms with Crippen molar-refractivity contribution in [3.63, 3.8) is 0 Å². The Kier molecular flexibility index (Phi) is 3.93. The molecule has 0 heterocycles. The molecule has 2 aliphatic rings. The maximum absolute atomic E-state index is 5.96. The highest BCUT2D eigenvalue weighted by Gasteiger charge is 2.35. The summed E-state index contributed by atoms with van der Waals surface area (Å²) in [5, 5.41) is 0. The Morgan fingerprint density at radius 2 is 1.63 bits per heavy atom. The van der Waals surface area contributed by atoms with Gasteiger partial charge in [0.1, 0.15) is 0 Å². The maximum Gasteiger partial charge on any atom is -0.00173 e. The summed E-state index contributed by atoms with van der Waals surface area (Å²) in [6, 6.07) is 9.49. The topological polar surface area (TPSA) is 26.0 Å². The molecule has 0 saturated heterocycles. The Morgan fingerprint density at radius 3 is 2.16 bits per heavy atom. The van der Waals surface area contributed by atoms with Gasteiger partial charge in [0.05, 0.1) is 0 Å². The molecule has 0 atom stereocenters. The molecule has 0 bridgehead atoms. The molecule has 0 aliphatic heterocycles. The van der Waals surface area contributed by atoms with Crippen molar-refractivity contribution in [2.24, 2.45) is 11.1 Å². The van der Waals surface area contributed by atoms with E-state index in [0.717, 1.165) is 12.5 Å². The van der Waals surface area contributed by atoms with E-state index in [2.05, 4.69) is 24.3 Å². The first-order chi connectivity index (χ1) is 9.31. The van der Waals surface area contributed by atoms with E-state index in [1.807, 2.05) is 0 Å². The molecular formula is C18H27N. The first-order valence-corrected chi connectivity index (χ1v) is 8.10. The minimum Gasteiger partial charge on any atom is -0.330 e. The number of rotatable bonds is 4. The minimum atomic E-state index is 0.437. The average Bonchev–Trinajstić information content (AvgIpc) is 2.45. The van der Waals surface area contributed by atoms with Gasteiger partial charge in [-0.3, -0.25) is 0 Å². The molecule has 0 amide bonds. The van der Waals surface area contributed by atoms with Crippen LogP contribution in [-0.4, -0.2) is 6.54 Å². The van der Waals surface area contributed by atoms with E-state index in [-0.39, 0.29) is 0 Å². The zero-order valence-electron chi connectivity index (χ0n) is 12.0. The molecule has 1 aromatic rings. The lowest BCUT2D eigenvalue weighted by atomic mass is 9.65. The molecule has 2 N–H and O–H groups in total. The third-order valence-electron chi connectivity index (χ3n) is 5.48. The van der Waals surface area contributed by atoms with Gasteiger partial charge in [-0.05, 0) is 61.1 Å². The summed E-state index contributed by atoms with van der Waals surface area (Å²) in [5.74, 6) is 0.829. The van der Waals surface area contributed by atoms with Gasteiger partial charge in [0, 0.05) is 0 Å².